The van der Waals surface area contributed by atoms with Gasteiger partial charge in [-0.25, -0.2) is 14.4 Å². The lowest BCUT2D eigenvalue weighted by molar-refractivity contribution is 0.0827. The highest BCUT2D eigenvalue weighted by molar-refractivity contribution is 5.95. The van der Waals surface area contributed by atoms with E-state index in [4.69, 9.17) is 5.73 Å². The average Bonchev–Trinajstić information content (AvgIpc) is 3.73. The van der Waals surface area contributed by atoms with Gasteiger partial charge >= 0.3 is 0 Å². The molecule has 1 aliphatic carbocycles. The molecule has 8 heteroatoms. The van der Waals surface area contributed by atoms with E-state index in [0.29, 0.717) is 22.9 Å². The molecule has 0 atom stereocenters. The third kappa shape index (κ3) is 4.81. The summed E-state index contributed by atoms with van der Waals surface area (Å²) in [5, 5.41) is 1.08. The van der Waals surface area contributed by atoms with Crippen molar-refractivity contribution < 1.29 is 9.18 Å². The maximum atomic E-state index is 15.5. The zero-order valence-corrected chi connectivity index (χ0v) is 22.6. The van der Waals surface area contributed by atoms with Crippen LogP contribution < -0.4 is 5.73 Å². The molecule has 200 valence electrons. The molecule has 3 aromatic heterocycles. The van der Waals surface area contributed by atoms with E-state index in [-0.39, 0.29) is 11.7 Å². The number of fused-ring (bicyclic) bond motifs is 1. The van der Waals surface area contributed by atoms with Crippen LogP contribution in [0.5, 0.6) is 0 Å². The Morgan fingerprint density at radius 1 is 1.15 bits per heavy atom. The summed E-state index contributed by atoms with van der Waals surface area (Å²) in [6.45, 7) is 2.34. The molecular formula is C31H33FN6O. The largest absolute Gasteiger partial charge is 0.384 e. The third-order valence-corrected chi connectivity index (χ3v) is 7.92. The molecule has 1 saturated carbocycles. The van der Waals surface area contributed by atoms with Gasteiger partial charge in [0.2, 0.25) is 0 Å². The fourth-order valence-electron chi connectivity index (χ4n) is 5.61. The first-order valence-electron chi connectivity index (χ1n) is 13.4. The quantitative estimate of drug-likeness (QED) is 0.374. The first kappa shape index (κ1) is 25.2. The van der Waals surface area contributed by atoms with E-state index in [1.54, 1.807) is 20.3 Å². The highest BCUT2D eigenvalue weighted by Crippen LogP contribution is 2.45. The van der Waals surface area contributed by atoms with E-state index in [0.717, 1.165) is 72.2 Å². The number of nitrogens with two attached hydrogens (primary N) is 1. The fourth-order valence-corrected chi connectivity index (χ4v) is 5.61. The number of hydrogen-bond acceptors (Lipinski definition) is 5. The standard InChI is InChI=1S/C31H33FN6O/c1-36(2)31(39)22-14-25(19-4-5-19)29(27(32)15-22)20-9-12-38(13-10-20)18-23-16-26-24(8-11-34-30(26)37(23)3)21-6-7-28(33)35-17-21/h6-9,11,14-17,19H,4-5,10,12-13,18H2,1-3H3,(H2,33,35). The molecule has 2 aliphatic rings. The highest BCUT2D eigenvalue weighted by atomic mass is 19.1. The van der Waals surface area contributed by atoms with Crippen molar-refractivity contribution in [3.8, 4) is 11.1 Å². The minimum Gasteiger partial charge on any atom is -0.384 e. The van der Waals surface area contributed by atoms with Gasteiger partial charge in [-0.3, -0.25) is 9.69 Å². The number of pyridine rings is 2. The molecule has 1 aromatic carbocycles. The minimum atomic E-state index is -0.284. The Kier molecular flexibility index (Phi) is 6.43. The van der Waals surface area contributed by atoms with Crippen molar-refractivity contribution in [1.82, 2.24) is 24.3 Å². The van der Waals surface area contributed by atoms with Crippen molar-refractivity contribution in [2.24, 2.45) is 7.05 Å². The lowest BCUT2D eigenvalue weighted by atomic mass is 9.90. The Morgan fingerprint density at radius 2 is 1.97 bits per heavy atom. The van der Waals surface area contributed by atoms with Crippen LogP contribution in [0, 0.1) is 5.82 Å². The Labute approximate surface area is 227 Å². The van der Waals surface area contributed by atoms with Crippen molar-refractivity contribution >= 4 is 28.3 Å². The number of amides is 1. The zero-order chi connectivity index (χ0) is 27.3. The molecule has 4 heterocycles. The van der Waals surface area contributed by atoms with Crippen LogP contribution >= 0.6 is 0 Å². The predicted molar refractivity (Wildman–Crippen MR) is 153 cm³/mol. The van der Waals surface area contributed by atoms with Crippen molar-refractivity contribution in [3.05, 3.63) is 83.1 Å². The van der Waals surface area contributed by atoms with Gasteiger partial charge in [0.15, 0.2) is 0 Å². The van der Waals surface area contributed by atoms with Gasteiger partial charge in [-0.15, -0.1) is 0 Å². The van der Waals surface area contributed by atoms with Gasteiger partial charge in [0, 0.05) is 80.9 Å². The van der Waals surface area contributed by atoms with Crippen LogP contribution in [-0.4, -0.2) is 57.4 Å². The molecule has 1 fully saturated rings. The van der Waals surface area contributed by atoms with E-state index in [1.807, 2.05) is 30.5 Å². The molecule has 0 saturated heterocycles. The lowest BCUT2D eigenvalue weighted by Gasteiger charge is -2.28. The van der Waals surface area contributed by atoms with Gasteiger partial charge in [-0.2, -0.15) is 0 Å². The molecule has 1 aliphatic heterocycles. The number of nitrogens with zero attached hydrogens (tertiary/aromatic N) is 5. The summed E-state index contributed by atoms with van der Waals surface area (Å²) in [7, 11) is 5.45. The first-order chi connectivity index (χ1) is 18.8. The Bertz CT molecular complexity index is 1600. The molecule has 0 radical (unpaired) electrons. The summed E-state index contributed by atoms with van der Waals surface area (Å²) in [5.74, 6) is 0.398. The molecule has 39 heavy (non-hydrogen) atoms. The van der Waals surface area contributed by atoms with Gasteiger partial charge in [-0.05, 0) is 78.3 Å². The average molecular weight is 525 g/mol. The summed E-state index contributed by atoms with van der Waals surface area (Å²) in [4.78, 5) is 25.3. The van der Waals surface area contributed by atoms with E-state index < -0.39 is 0 Å². The number of nitrogen functional groups attached to an aromatic ring is 1. The van der Waals surface area contributed by atoms with Crippen LogP contribution in [0.15, 0.2) is 54.9 Å². The zero-order valence-electron chi connectivity index (χ0n) is 22.6. The van der Waals surface area contributed by atoms with Crippen molar-refractivity contribution in [3.63, 3.8) is 0 Å². The molecule has 0 bridgehead atoms. The van der Waals surface area contributed by atoms with Crippen molar-refractivity contribution in [1.29, 1.82) is 0 Å². The number of aryl methyl sites for hydroxylation is 1. The van der Waals surface area contributed by atoms with E-state index in [9.17, 15) is 4.79 Å². The summed E-state index contributed by atoms with van der Waals surface area (Å²) >= 11 is 0. The minimum absolute atomic E-state index is 0.161. The number of hydrogen-bond donors (Lipinski definition) is 1. The predicted octanol–water partition coefficient (Wildman–Crippen LogP) is 5.23. The maximum Gasteiger partial charge on any atom is 0.253 e. The van der Waals surface area contributed by atoms with Gasteiger partial charge < -0.3 is 15.2 Å². The smallest absolute Gasteiger partial charge is 0.253 e. The van der Waals surface area contributed by atoms with Gasteiger partial charge in [0.25, 0.3) is 5.91 Å². The van der Waals surface area contributed by atoms with E-state index in [2.05, 4.69) is 38.6 Å². The molecule has 4 aromatic rings. The molecular weight excluding hydrogens is 491 g/mol. The Morgan fingerprint density at radius 3 is 2.64 bits per heavy atom. The number of halogens is 1. The van der Waals surface area contributed by atoms with Crippen LogP contribution in [0.4, 0.5) is 10.2 Å². The van der Waals surface area contributed by atoms with Crippen molar-refractivity contribution in [2.45, 2.75) is 31.7 Å². The van der Waals surface area contributed by atoms with Crippen LogP contribution in [0.3, 0.4) is 0 Å². The molecule has 0 spiro atoms. The van der Waals surface area contributed by atoms with Crippen LogP contribution in [0.25, 0.3) is 27.7 Å². The summed E-state index contributed by atoms with van der Waals surface area (Å²) in [6.07, 6.45) is 8.66. The lowest BCUT2D eigenvalue weighted by Crippen LogP contribution is -2.29. The second kappa shape index (κ2) is 9.93. The number of rotatable bonds is 6. The Balaban J connectivity index is 1.25. The molecule has 7 nitrogen and oxygen atoms in total. The third-order valence-electron chi connectivity index (χ3n) is 7.92. The highest BCUT2D eigenvalue weighted by Gasteiger charge is 2.31. The fraction of sp³-hybridized carbons (Fsp3) is 0.323. The van der Waals surface area contributed by atoms with Crippen molar-refractivity contribution in [2.75, 3.05) is 32.9 Å². The monoisotopic (exact) mass is 524 g/mol. The number of benzene rings is 1. The summed E-state index contributed by atoms with van der Waals surface area (Å²) < 4.78 is 17.6. The second-order valence-electron chi connectivity index (χ2n) is 10.9. The number of carbonyl (C=O) groups is 1. The Hall–Kier alpha value is -4.04. The molecule has 1 amide bonds. The normalized spacial score (nSPS) is 15.9. The number of aromatic nitrogens is 3. The van der Waals surface area contributed by atoms with Gasteiger partial charge in [-0.1, -0.05) is 6.08 Å². The van der Waals surface area contributed by atoms with Crippen LogP contribution in [-0.2, 0) is 13.6 Å². The molecule has 6 rings (SSSR count). The maximum absolute atomic E-state index is 15.5. The molecule has 2 N–H and O–H groups in total. The summed E-state index contributed by atoms with van der Waals surface area (Å²) in [6, 6.07) is 11.3. The molecule has 0 unspecified atom stereocenters. The van der Waals surface area contributed by atoms with Gasteiger partial charge in [0.05, 0.1) is 0 Å². The summed E-state index contributed by atoms with van der Waals surface area (Å²) in [5.41, 5.74) is 13.1. The number of carbonyl (C=O) groups excluding carboxylic acids is 1. The van der Waals surface area contributed by atoms with E-state index >= 15 is 4.39 Å². The van der Waals surface area contributed by atoms with Crippen LogP contribution in [0.2, 0.25) is 0 Å². The van der Waals surface area contributed by atoms with Crippen LogP contribution in [0.1, 0.15) is 52.4 Å². The first-order valence-corrected chi connectivity index (χ1v) is 13.4. The second-order valence-corrected chi connectivity index (χ2v) is 10.9. The van der Waals surface area contributed by atoms with Gasteiger partial charge in [0.1, 0.15) is 17.3 Å². The van der Waals surface area contributed by atoms with E-state index in [1.165, 1.54) is 16.7 Å². The topological polar surface area (TPSA) is 80.3 Å². The number of anilines is 1. The SMILES string of the molecule is CN(C)C(=O)c1cc(F)c(C2=CCN(Cc3cc4c(-c5ccc(N)nc5)ccnc4n3C)CC2)c(C2CC2)c1.